The lowest BCUT2D eigenvalue weighted by Gasteiger charge is -2.14. The molecule has 7 heteroatoms. The maximum absolute atomic E-state index is 10.4. The van der Waals surface area contributed by atoms with Gasteiger partial charge in [-0.25, -0.2) is 9.97 Å². The van der Waals surface area contributed by atoms with Gasteiger partial charge in [0.25, 0.3) is 0 Å². The van der Waals surface area contributed by atoms with Gasteiger partial charge in [0.1, 0.15) is 17.4 Å². The van der Waals surface area contributed by atoms with E-state index in [-0.39, 0.29) is 0 Å². The molecule has 0 bridgehead atoms. The summed E-state index contributed by atoms with van der Waals surface area (Å²) in [6.07, 6.45) is -0.678. The molecule has 0 unspecified atom stereocenters. The van der Waals surface area contributed by atoms with Gasteiger partial charge < -0.3 is 15.2 Å². The Bertz CT molecular complexity index is 875. The molecule has 2 aromatic heterocycles. The van der Waals surface area contributed by atoms with Crippen LogP contribution in [0.5, 0.6) is 5.75 Å². The van der Waals surface area contributed by atoms with E-state index in [0.717, 1.165) is 28.0 Å². The Kier molecular flexibility index (Phi) is 4.35. The summed E-state index contributed by atoms with van der Waals surface area (Å²) in [5.41, 5.74) is 2.41. The number of hydrogen-bond donors (Lipinski definition) is 2. The molecule has 0 aliphatic rings. The number of nitrogens with one attached hydrogen (secondary N) is 1. The van der Waals surface area contributed by atoms with Gasteiger partial charge in [-0.2, -0.15) is 5.10 Å². The maximum Gasteiger partial charge on any atom is 0.163 e. The van der Waals surface area contributed by atoms with Gasteiger partial charge in [-0.1, -0.05) is 12.1 Å². The van der Waals surface area contributed by atoms with Gasteiger partial charge >= 0.3 is 0 Å². The van der Waals surface area contributed by atoms with Crippen LogP contribution in [0.15, 0.2) is 24.3 Å². The van der Waals surface area contributed by atoms with Gasteiger partial charge in [0, 0.05) is 13.6 Å². The second kappa shape index (κ2) is 6.45. The number of hydrogen-bond acceptors (Lipinski definition) is 6. The summed E-state index contributed by atoms with van der Waals surface area (Å²) in [5, 5.41) is 18.9. The molecule has 0 spiro atoms. The third-order valence-electron chi connectivity index (χ3n) is 3.91. The highest BCUT2D eigenvalue weighted by Crippen LogP contribution is 2.25. The fourth-order valence-corrected chi connectivity index (χ4v) is 2.74. The van der Waals surface area contributed by atoms with Crippen LogP contribution in [0.25, 0.3) is 11.0 Å². The van der Waals surface area contributed by atoms with Gasteiger partial charge in [-0.15, -0.1) is 0 Å². The van der Waals surface area contributed by atoms with Crippen LogP contribution in [0.3, 0.4) is 0 Å². The number of methoxy groups -OCH3 is 1. The monoisotopic (exact) mass is 327 g/mol. The molecule has 3 rings (SSSR count). The second-order valence-corrected chi connectivity index (χ2v) is 5.70. The van der Waals surface area contributed by atoms with E-state index in [1.54, 1.807) is 11.8 Å². The molecule has 24 heavy (non-hydrogen) atoms. The van der Waals surface area contributed by atoms with Crippen molar-refractivity contribution in [3.8, 4) is 5.75 Å². The first kappa shape index (κ1) is 16.2. The summed E-state index contributed by atoms with van der Waals surface area (Å²) in [6.45, 7) is 4.09. The van der Waals surface area contributed by atoms with Crippen LogP contribution in [0.2, 0.25) is 0 Å². The highest BCUT2D eigenvalue weighted by Gasteiger charge is 2.15. The zero-order valence-electron chi connectivity index (χ0n) is 14.2. The van der Waals surface area contributed by atoms with Gasteiger partial charge in [-0.3, -0.25) is 4.68 Å². The molecule has 2 heterocycles. The number of nitrogens with zero attached hydrogens (tertiary/aromatic N) is 4. The van der Waals surface area contributed by atoms with E-state index < -0.39 is 6.10 Å². The lowest BCUT2D eigenvalue weighted by atomic mass is 10.1. The van der Waals surface area contributed by atoms with Crippen LogP contribution in [0, 0.1) is 13.8 Å². The molecule has 3 aromatic rings. The molecule has 0 aliphatic heterocycles. The molecule has 0 saturated carbocycles. The summed E-state index contributed by atoms with van der Waals surface area (Å²) >= 11 is 0. The molecule has 7 nitrogen and oxygen atoms in total. The van der Waals surface area contributed by atoms with Crippen LogP contribution in [-0.4, -0.2) is 38.5 Å². The summed E-state index contributed by atoms with van der Waals surface area (Å²) in [7, 11) is 3.46. The third-order valence-corrected chi connectivity index (χ3v) is 3.91. The van der Waals surface area contributed by atoms with Crippen LogP contribution in [0.1, 0.15) is 23.2 Å². The van der Waals surface area contributed by atoms with Gasteiger partial charge in [0.05, 0.1) is 24.3 Å². The van der Waals surface area contributed by atoms with Crippen LogP contribution in [0.4, 0.5) is 5.82 Å². The van der Waals surface area contributed by atoms with E-state index in [9.17, 15) is 5.11 Å². The van der Waals surface area contributed by atoms with Crippen molar-refractivity contribution in [3.05, 3.63) is 41.3 Å². The molecular weight excluding hydrogens is 306 g/mol. The molecule has 1 aromatic carbocycles. The maximum atomic E-state index is 10.4. The molecule has 0 radical (unpaired) electrons. The minimum Gasteiger partial charge on any atom is -0.497 e. The SMILES string of the molecule is COc1cccc([C@@H](O)CNc2nc(C)nc3c2c(C)nn3C)c1. The van der Waals surface area contributed by atoms with E-state index in [1.807, 2.05) is 45.2 Å². The number of aliphatic hydroxyl groups is 1. The second-order valence-electron chi connectivity index (χ2n) is 5.70. The standard InChI is InChI=1S/C17H21N5O2/c1-10-15-16(19-11(2)20-17(15)22(3)21-10)18-9-14(23)12-6-5-7-13(8-12)24-4/h5-8,14,23H,9H2,1-4H3,(H,18,19,20)/t14-/m0/s1. The molecule has 2 N–H and O–H groups in total. The molecule has 0 saturated heterocycles. The number of ether oxygens (including phenoxy) is 1. The van der Waals surface area contributed by atoms with E-state index in [1.165, 1.54) is 0 Å². The number of aromatic nitrogens is 4. The highest BCUT2D eigenvalue weighted by atomic mass is 16.5. The first-order chi connectivity index (χ1) is 11.5. The van der Waals surface area contributed by atoms with E-state index in [0.29, 0.717) is 18.2 Å². The Hall–Kier alpha value is -2.67. The molecule has 0 aliphatic carbocycles. The predicted octanol–water partition coefficient (Wildman–Crippen LogP) is 2.13. The Morgan fingerprint density at radius 1 is 1.29 bits per heavy atom. The van der Waals surface area contributed by atoms with E-state index >= 15 is 0 Å². The Morgan fingerprint density at radius 3 is 2.83 bits per heavy atom. The van der Waals surface area contributed by atoms with Crippen molar-refractivity contribution in [2.24, 2.45) is 7.05 Å². The topological polar surface area (TPSA) is 85.1 Å². The van der Waals surface area contributed by atoms with E-state index in [2.05, 4.69) is 20.4 Å². The lowest BCUT2D eigenvalue weighted by Crippen LogP contribution is -2.14. The number of rotatable bonds is 5. The fourth-order valence-electron chi connectivity index (χ4n) is 2.74. The minimum atomic E-state index is -0.678. The first-order valence-electron chi connectivity index (χ1n) is 7.73. The summed E-state index contributed by atoms with van der Waals surface area (Å²) < 4.78 is 6.94. The molecule has 0 fully saturated rings. The smallest absolute Gasteiger partial charge is 0.163 e. The first-order valence-corrected chi connectivity index (χ1v) is 7.73. The predicted molar refractivity (Wildman–Crippen MR) is 92.2 cm³/mol. The summed E-state index contributed by atoms with van der Waals surface area (Å²) in [4.78, 5) is 8.90. The molecule has 126 valence electrons. The van der Waals surface area contributed by atoms with Crippen LogP contribution in [-0.2, 0) is 7.05 Å². The number of anilines is 1. The summed E-state index contributed by atoms with van der Waals surface area (Å²) in [5.74, 6) is 2.06. The molecule has 0 amide bonds. The van der Waals surface area contributed by atoms with Crippen molar-refractivity contribution in [1.29, 1.82) is 0 Å². The number of fused-ring (bicyclic) bond motifs is 1. The Labute approximate surface area is 140 Å². The normalized spacial score (nSPS) is 12.4. The summed E-state index contributed by atoms with van der Waals surface area (Å²) in [6, 6.07) is 7.39. The fraction of sp³-hybridized carbons (Fsp3) is 0.353. The van der Waals surface area contributed by atoms with Crippen molar-refractivity contribution in [2.75, 3.05) is 19.0 Å². The Morgan fingerprint density at radius 2 is 2.08 bits per heavy atom. The van der Waals surface area contributed by atoms with Crippen molar-refractivity contribution < 1.29 is 9.84 Å². The number of benzene rings is 1. The van der Waals surface area contributed by atoms with Crippen molar-refractivity contribution in [1.82, 2.24) is 19.7 Å². The number of aryl methyl sites for hydroxylation is 3. The zero-order valence-corrected chi connectivity index (χ0v) is 14.2. The Balaban J connectivity index is 1.85. The van der Waals surface area contributed by atoms with Gasteiger partial charge in [-0.05, 0) is 31.5 Å². The van der Waals surface area contributed by atoms with Crippen LogP contribution >= 0.6 is 0 Å². The molecular formula is C17H21N5O2. The van der Waals surface area contributed by atoms with E-state index in [4.69, 9.17) is 4.74 Å². The molecule has 1 atom stereocenters. The lowest BCUT2D eigenvalue weighted by molar-refractivity contribution is 0.191. The van der Waals surface area contributed by atoms with Crippen molar-refractivity contribution >= 4 is 16.9 Å². The zero-order chi connectivity index (χ0) is 17.3. The third kappa shape index (κ3) is 3.03. The van der Waals surface area contributed by atoms with Crippen molar-refractivity contribution in [2.45, 2.75) is 20.0 Å². The largest absolute Gasteiger partial charge is 0.497 e. The average Bonchev–Trinajstić information content (AvgIpc) is 2.86. The minimum absolute atomic E-state index is 0.326. The van der Waals surface area contributed by atoms with Gasteiger partial charge in [0.2, 0.25) is 0 Å². The van der Waals surface area contributed by atoms with Crippen LogP contribution < -0.4 is 10.1 Å². The quantitative estimate of drug-likeness (QED) is 0.747. The number of aliphatic hydroxyl groups excluding tert-OH is 1. The van der Waals surface area contributed by atoms with Gasteiger partial charge in [0.15, 0.2) is 5.65 Å². The van der Waals surface area contributed by atoms with Crippen molar-refractivity contribution in [3.63, 3.8) is 0 Å². The highest BCUT2D eigenvalue weighted by molar-refractivity contribution is 5.89. The average molecular weight is 327 g/mol.